The zero-order chi connectivity index (χ0) is 6.85. The van der Waals surface area contributed by atoms with E-state index in [0.29, 0.717) is 0 Å². The Labute approximate surface area is 63.8 Å². The van der Waals surface area contributed by atoms with Crippen molar-refractivity contribution in [3.63, 3.8) is 0 Å². The largest absolute Gasteiger partial charge is 0.207 e. The van der Waals surface area contributed by atoms with Crippen LogP contribution in [-0.2, 0) is 0 Å². The first-order valence-corrected chi connectivity index (χ1v) is 3.78. The second-order valence-electron chi connectivity index (χ2n) is 1.67. The van der Waals surface area contributed by atoms with Crippen molar-refractivity contribution in [2.75, 3.05) is 0 Å². The van der Waals surface area contributed by atoms with E-state index in [1.165, 1.54) is 12.1 Å². The van der Waals surface area contributed by atoms with Gasteiger partial charge in [0.15, 0.2) is 0 Å². The van der Waals surface area contributed by atoms with Gasteiger partial charge in [-0.25, -0.2) is 4.39 Å². The maximum absolute atomic E-state index is 12.3. The van der Waals surface area contributed by atoms with Crippen LogP contribution in [0.4, 0.5) is 4.39 Å². The highest BCUT2D eigenvalue weighted by molar-refractivity contribution is 9.10. The highest BCUT2D eigenvalue weighted by Gasteiger charge is 1.93. The summed E-state index contributed by atoms with van der Waals surface area (Å²) < 4.78 is 13.2. The summed E-state index contributed by atoms with van der Waals surface area (Å²) in [5, 5.41) is 0.843. The number of rotatable bonds is 0. The molecule has 0 heterocycles. The van der Waals surface area contributed by atoms with Crippen LogP contribution >= 0.6 is 25.2 Å². The highest BCUT2D eigenvalue weighted by atomic mass is 79.9. The molecule has 3 heteroatoms. The van der Waals surface area contributed by atoms with Crippen LogP contribution in [0.15, 0.2) is 22.7 Å². The lowest BCUT2D eigenvalue weighted by atomic mass is 10.3. The van der Waals surface area contributed by atoms with Gasteiger partial charge in [-0.3, -0.25) is 0 Å². The molecule has 0 saturated heterocycles. The zero-order valence-electron chi connectivity index (χ0n) is 4.57. The average molecular weight is 207 g/mol. The predicted molar refractivity (Wildman–Crippen MR) is 43.4 cm³/mol. The Bertz CT molecular complexity index is 224. The van der Waals surface area contributed by atoms with Gasteiger partial charge in [0, 0.05) is 4.47 Å². The van der Waals surface area contributed by atoms with Crippen molar-refractivity contribution in [1.82, 2.24) is 0 Å². The van der Waals surface area contributed by atoms with Gasteiger partial charge in [0.1, 0.15) is 5.82 Å². The standard InChI is InChI=1S/C6H5BrFP/c7-5-2-1-4(8)3-6(5)9/h1-3H,9H2. The Hall–Kier alpha value is 0.0600. The van der Waals surface area contributed by atoms with E-state index >= 15 is 0 Å². The average Bonchev–Trinajstić information content (AvgIpc) is 1.80. The Morgan fingerprint density at radius 3 is 2.56 bits per heavy atom. The van der Waals surface area contributed by atoms with Gasteiger partial charge >= 0.3 is 0 Å². The van der Waals surface area contributed by atoms with Crippen molar-refractivity contribution in [2.45, 2.75) is 0 Å². The Kier molecular flexibility index (Phi) is 2.20. The van der Waals surface area contributed by atoms with Gasteiger partial charge in [0.05, 0.1) is 0 Å². The van der Waals surface area contributed by atoms with Crippen molar-refractivity contribution >= 4 is 30.5 Å². The van der Waals surface area contributed by atoms with E-state index in [2.05, 4.69) is 25.2 Å². The molecule has 0 N–H and O–H groups in total. The summed E-state index contributed by atoms with van der Waals surface area (Å²) in [5.74, 6) is -0.205. The molecule has 1 atom stereocenters. The molecular formula is C6H5BrFP. The van der Waals surface area contributed by atoms with Gasteiger partial charge in [-0.2, -0.15) is 0 Å². The van der Waals surface area contributed by atoms with Gasteiger partial charge in [-0.15, -0.1) is 9.24 Å². The molecule has 0 spiro atoms. The molecule has 0 aliphatic rings. The Morgan fingerprint density at radius 2 is 2.11 bits per heavy atom. The smallest absolute Gasteiger partial charge is 0.123 e. The minimum atomic E-state index is -0.205. The molecule has 1 aromatic carbocycles. The molecule has 1 aromatic rings. The molecule has 0 aliphatic heterocycles. The fourth-order valence-corrected chi connectivity index (χ4v) is 1.02. The van der Waals surface area contributed by atoms with E-state index in [4.69, 9.17) is 0 Å². The van der Waals surface area contributed by atoms with Gasteiger partial charge in [0.2, 0.25) is 0 Å². The molecule has 1 unspecified atom stereocenters. The lowest BCUT2D eigenvalue weighted by Gasteiger charge is -1.94. The first kappa shape index (κ1) is 7.17. The minimum absolute atomic E-state index is 0.205. The van der Waals surface area contributed by atoms with Crippen LogP contribution in [0.3, 0.4) is 0 Å². The fraction of sp³-hybridized carbons (Fsp3) is 0. The lowest BCUT2D eigenvalue weighted by Crippen LogP contribution is -1.92. The van der Waals surface area contributed by atoms with E-state index in [0.717, 1.165) is 9.78 Å². The first-order chi connectivity index (χ1) is 4.20. The third-order valence-corrected chi connectivity index (χ3v) is 2.58. The molecule has 0 bridgehead atoms. The van der Waals surface area contributed by atoms with Crippen LogP contribution in [0.2, 0.25) is 0 Å². The molecule has 0 nitrogen and oxygen atoms in total. The second-order valence-corrected chi connectivity index (χ2v) is 3.14. The molecule has 0 aromatic heterocycles. The van der Waals surface area contributed by atoms with E-state index in [1.807, 2.05) is 0 Å². The molecule has 0 amide bonds. The number of halogens is 2. The molecular weight excluding hydrogens is 202 g/mol. The van der Waals surface area contributed by atoms with Crippen LogP contribution < -0.4 is 5.30 Å². The Morgan fingerprint density at radius 1 is 1.44 bits per heavy atom. The van der Waals surface area contributed by atoms with Gasteiger partial charge < -0.3 is 0 Å². The lowest BCUT2D eigenvalue weighted by molar-refractivity contribution is 0.629. The molecule has 48 valence electrons. The molecule has 0 radical (unpaired) electrons. The summed E-state index contributed by atoms with van der Waals surface area (Å²) in [5.41, 5.74) is 0. The third kappa shape index (κ3) is 1.74. The topological polar surface area (TPSA) is 0 Å². The molecule has 9 heavy (non-hydrogen) atoms. The van der Waals surface area contributed by atoms with Gasteiger partial charge in [-0.05, 0) is 23.5 Å². The SMILES string of the molecule is Fc1ccc(Br)c(P)c1. The summed E-state index contributed by atoms with van der Waals surface area (Å²) in [6.45, 7) is 0. The Balaban J connectivity index is 3.17. The van der Waals surface area contributed by atoms with Crippen LogP contribution in [0.5, 0.6) is 0 Å². The van der Waals surface area contributed by atoms with Crippen molar-refractivity contribution in [2.24, 2.45) is 0 Å². The molecule has 0 saturated carbocycles. The van der Waals surface area contributed by atoms with Crippen molar-refractivity contribution in [1.29, 1.82) is 0 Å². The van der Waals surface area contributed by atoms with E-state index in [-0.39, 0.29) is 5.82 Å². The fourth-order valence-electron chi connectivity index (χ4n) is 0.515. The summed E-state index contributed by atoms with van der Waals surface area (Å²) in [6.07, 6.45) is 0. The second kappa shape index (κ2) is 2.76. The van der Waals surface area contributed by atoms with Crippen molar-refractivity contribution in [3.8, 4) is 0 Å². The minimum Gasteiger partial charge on any atom is -0.207 e. The normalized spacial score (nSPS) is 9.67. The van der Waals surface area contributed by atoms with E-state index in [9.17, 15) is 4.39 Å². The van der Waals surface area contributed by atoms with E-state index in [1.54, 1.807) is 6.07 Å². The third-order valence-electron chi connectivity index (χ3n) is 0.958. The quantitative estimate of drug-likeness (QED) is 0.571. The zero-order valence-corrected chi connectivity index (χ0v) is 7.31. The number of hydrogen-bond acceptors (Lipinski definition) is 0. The molecule has 1 rings (SSSR count). The van der Waals surface area contributed by atoms with Crippen LogP contribution in [0.1, 0.15) is 0 Å². The maximum atomic E-state index is 12.3. The van der Waals surface area contributed by atoms with Crippen LogP contribution in [0.25, 0.3) is 0 Å². The first-order valence-electron chi connectivity index (χ1n) is 2.40. The van der Waals surface area contributed by atoms with Crippen LogP contribution in [0, 0.1) is 5.82 Å². The van der Waals surface area contributed by atoms with Crippen molar-refractivity contribution < 1.29 is 4.39 Å². The van der Waals surface area contributed by atoms with Gasteiger partial charge in [0.25, 0.3) is 0 Å². The van der Waals surface area contributed by atoms with Crippen LogP contribution in [-0.4, -0.2) is 0 Å². The van der Waals surface area contributed by atoms with E-state index < -0.39 is 0 Å². The van der Waals surface area contributed by atoms with Crippen molar-refractivity contribution in [3.05, 3.63) is 28.5 Å². The monoisotopic (exact) mass is 206 g/mol. The van der Waals surface area contributed by atoms with Gasteiger partial charge in [-0.1, -0.05) is 15.9 Å². The number of hydrogen-bond donors (Lipinski definition) is 0. The molecule has 0 fully saturated rings. The summed E-state index contributed by atoms with van der Waals surface area (Å²) in [6, 6.07) is 4.55. The summed E-state index contributed by atoms with van der Waals surface area (Å²) in [4.78, 5) is 0. The summed E-state index contributed by atoms with van der Waals surface area (Å²) >= 11 is 3.24. The number of benzene rings is 1. The maximum Gasteiger partial charge on any atom is 0.123 e. The molecule has 0 aliphatic carbocycles. The highest BCUT2D eigenvalue weighted by Crippen LogP contribution is 2.09. The summed E-state index contributed by atoms with van der Waals surface area (Å²) in [7, 11) is 2.43. The predicted octanol–water partition coefficient (Wildman–Crippen LogP) is 2.09.